The number of Topliss-reactive ketones (excluding diaryl/α,β-unsaturated/α-hetero) is 1. The van der Waals surface area contributed by atoms with Crippen LogP contribution in [0.5, 0.6) is 0 Å². The zero-order valence-corrected chi connectivity index (χ0v) is 11.5. The molecule has 108 valence electrons. The van der Waals surface area contributed by atoms with Crippen molar-refractivity contribution in [3.63, 3.8) is 0 Å². The molecule has 2 saturated heterocycles. The maximum atomic E-state index is 12.3. The van der Waals surface area contributed by atoms with Crippen LogP contribution in [0.15, 0.2) is 0 Å². The van der Waals surface area contributed by atoms with Gasteiger partial charge >= 0.3 is 5.97 Å². The summed E-state index contributed by atoms with van der Waals surface area (Å²) in [5.74, 6) is -0.0984. The molecule has 0 radical (unpaired) electrons. The predicted molar refractivity (Wildman–Crippen MR) is 67.7 cm³/mol. The van der Waals surface area contributed by atoms with Crippen molar-refractivity contribution in [2.24, 2.45) is 11.3 Å². The third-order valence-corrected chi connectivity index (χ3v) is 4.00. The van der Waals surface area contributed by atoms with Gasteiger partial charge in [0.2, 0.25) is 0 Å². The van der Waals surface area contributed by atoms with Gasteiger partial charge in [0.15, 0.2) is 5.78 Å². The highest BCUT2D eigenvalue weighted by Gasteiger charge is 2.50. The van der Waals surface area contributed by atoms with E-state index in [1.165, 1.54) is 0 Å². The van der Waals surface area contributed by atoms with Crippen molar-refractivity contribution in [1.82, 2.24) is 0 Å². The minimum absolute atomic E-state index is 0.0244. The number of rotatable bonds is 4. The van der Waals surface area contributed by atoms with Gasteiger partial charge in [-0.1, -0.05) is 0 Å². The van der Waals surface area contributed by atoms with Crippen LogP contribution in [0.4, 0.5) is 0 Å². The van der Waals surface area contributed by atoms with Crippen molar-refractivity contribution in [1.29, 1.82) is 0 Å². The highest BCUT2D eigenvalue weighted by atomic mass is 16.5. The average molecular weight is 270 g/mol. The minimum atomic E-state index is -1.07. The van der Waals surface area contributed by atoms with Crippen LogP contribution in [0.3, 0.4) is 0 Å². The lowest BCUT2D eigenvalue weighted by Crippen LogP contribution is -2.49. The van der Waals surface area contributed by atoms with Crippen LogP contribution in [-0.2, 0) is 23.8 Å². The van der Waals surface area contributed by atoms with E-state index in [4.69, 9.17) is 14.2 Å². The largest absolute Gasteiger partial charge is 0.465 e. The smallest absolute Gasteiger partial charge is 0.322 e. The fraction of sp³-hybridized carbons (Fsp3) is 0.857. The number of esters is 1. The molecule has 2 aliphatic rings. The van der Waals surface area contributed by atoms with Crippen LogP contribution in [0.2, 0.25) is 0 Å². The number of hydrogen-bond acceptors (Lipinski definition) is 5. The first-order valence-electron chi connectivity index (χ1n) is 7.05. The van der Waals surface area contributed by atoms with E-state index in [1.807, 2.05) is 0 Å². The molecule has 0 saturated carbocycles. The summed E-state index contributed by atoms with van der Waals surface area (Å²) < 4.78 is 15.9. The fourth-order valence-corrected chi connectivity index (χ4v) is 2.87. The molecule has 0 aromatic carbocycles. The Bertz CT molecular complexity index is 335. The molecule has 5 heteroatoms. The van der Waals surface area contributed by atoms with Crippen LogP contribution >= 0.6 is 0 Å². The maximum Gasteiger partial charge on any atom is 0.322 e. The van der Waals surface area contributed by atoms with Gasteiger partial charge in [0, 0.05) is 19.6 Å². The summed E-state index contributed by atoms with van der Waals surface area (Å²) in [6.07, 6.45) is 2.64. The van der Waals surface area contributed by atoms with Crippen LogP contribution in [0.1, 0.15) is 32.6 Å². The van der Waals surface area contributed by atoms with E-state index in [0.29, 0.717) is 45.2 Å². The van der Waals surface area contributed by atoms with Gasteiger partial charge in [-0.3, -0.25) is 9.59 Å². The van der Waals surface area contributed by atoms with E-state index in [2.05, 4.69) is 0 Å². The summed E-state index contributed by atoms with van der Waals surface area (Å²) in [6.45, 7) is 4.04. The molecule has 2 fully saturated rings. The third-order valence-electron chi connectivity index (χ3n) is 4.00. The second-order valence-corrected chi connectivity index (χ2v) is 5.29. The summed E-state index contributed by atoms with van der Waals surface area (Å²) in [6, 6.07) is 0. The Morgan fingerprint density at radius 1 is 1.32 bits per heavy atom. The number of carbonyl (C=O) groups is 2. The second kappa shape index (κ2) is 6.48. The summed E-state index contributed by atoms with van der Waals surface area (Å²) in [4.78, 5) is 24.5. The maximum absolute atomic E-state index is 12.3. The molecule has 0 N–H and O–H groups in total. The summed E-state index contributed by atoms with van der Waals surface area (Å²) in [7, 11) is 0. The monoisotopic (exact) mass is 270 g/mol. The molecule has 2 aliphatic heterocycles. The Kier molecular flexibility index (Phi) is 4.93. The van der Waals surface area contributed by atoms with Gasteiger partial charge in [0.25, 0.3) is 0 Å². The van der Waals surface area contributed by atoms with Gasteiger partial charge in [-0.05, 0) is 32.1 Å². The number of ether oxygens (including phenoxy) is 3. The molecule has 0 spiro atoms. The van der Waals surface area contributed by atoms with E-state index in [1.54, 1.807) is 6.92 Å². The van der Waals surface area contributed by atoms with E-state index in [-0.39, 0.29) is 12.4 Å². The summed E-state index contributed by atoms with van der Waals surface area (Å²) in [5.41, 5.74) is -1.07. The van der Waals surface area contributed by atoms with E-state index in [0.717, 1.165) is 12.8 Å². The first-order chi connectivity index (χ1) is 9.19. The quantitative estimate of drug-likeness (QED) is 0.570. The Morgan fingerprint density at radius 3 is 2.68 bits per heavy atom. The van der Waals surface area contributed by atoms with Gasteiger partial charge in [0.05, 0.1) is 19.8 Å². The Hall–Kier alpha value is -0.940. The molecule has 1 unspecified atom stereocenters. The zero-order chi connectivity index (χ0) is 13.7. The van der Waals surface area contributed by atoms with Crippen molar-refractivity contribution in [3.8, 4) is 0 Å². The van der Waals surface area contributed by atoms with Crippen molar-refractivity contribution < 1.29 is 23.8 Å². The van der Waals surface area contributed by atoms with Gasteiger partial charge in [-0.2, -0.15) is 0 Å². The van der Waals surface area contributed by atoms with Crippen LogP contribution in [0, 0.1) is 11.3 Å². The van der Waals surface area contributed by atoms with Crippen molar-refractivity contribution >= 4 is 11.8 Å². The van der Waals surface area contributed by atoms with Crippen molar-refractivity contribution in [3.05, 3.63) is 0 Å². The number of carbonyl (C=O) groups excluding carboxylic acids is 2. The predicted octanol–water partition coefficient (Wildman–Crippen LogP) is 1.34. The molecule has 0 bridgehead atoms. The van der Waals surface area contributed by atoms with E-state index in [9.17, 15) is 9.59 Å². The Labute approximate surface area is 113 Å². The molecular weight excluding hydrogens is 248 g/mol. The summed E-state index contributed by atoms with van der Waals surface area (Å²) >= 11 is 0. The molecular formula is C14H22O5. The van der Waals surface area contributed by atoms with Gasteiger partial charge in [0.1, 0.15) is 5.41 Å². The first kappa shape index (κ1) is 14.5. The molecule has 0 aromatic heterocycles. The molecule has 0 aromatic rings. The highest BCUT2D eigenvalue weighted by Crippen LogP contribution is 2.37. The van der Waals surface area contributed by atoms with E-state index < -0.39 is 11.4 Å². The molecule has 5 nitrogen and oxygen atoms in total. The minimum Gasteiger partial charge on any atom is -0.465 e. The molecule has 2 heterocycles. The summed E-state index contributed by atoms with van der Waals surface area (Å²) in [5, 5.41) is 0. The third kappa shape index (κ3) is 3.15. The zero-order valence-electron chi connectivity index (χ0n) is 11.5. The molecule has 0 aliphatic carbocycles. The van der Waals surface area contributed by atoms with Crippen LogP contribution < -0.4 is 0 Å². The highest BCUT2D eigenvalue weighted by molar-refractivity contribution is 6.04. The normalized spacial score (nSPS) is 29.2. The lowest BCUT2D eigenvalue weighted by molar-refractivity contribution is -0.171. The van der Waals surface area contributed by atoms with Gasteiger partial charge in [-0.15, -0.1) is 0 Å². The molecule has 1 atom stereocenters. The number of ketones is 1. The standard InChI is InChI=1S/C14H22O5/c1-2-19-13(16)14(10-18-8-5-12(14)15)9-11-3-6-17-7-4-11/h11H,2-10H2,1H3. The lowest BCUT2D eigenvalue weighted by atomic mass is 9.72. The first-order valence-corrected chi connectivity index (χ1v) is 7.05. The van der Waals surface area contributed by atoms with Gasteiger partial charge < -0.3 is 14.2 Å². The van der Waals surface area contributed by atoms with Gasteiger partial charge in [-0.25, -0.2) is 0 Å². The SMILES string of the molecule is CCOC(=O)C1(CC2CCOCC2)COCCC1=O. The molecule has 19 heavy (non-hydrogen) atoms. The van der Waals surface area contributed by atoms with Crippen molar-refractivity contribution in [2.75, 3.05) is 33.0 Å². The van der Waals surface area contributed by atoms with Crippen LogP contribution in [-0.4, -0.2) is 44.8 Å². The average Bonchev–Trinajstić information content (AvgIpc) is 2.43. The second-order valence-electron chi connectivity index (χ2n) is 5.29. The Balaban J connectivity index is 2.12. The van der Waals surface area contributed by atoms with E-state index >= 15 is 0 Å². The molecule has 0 amide bonds. The Morgan fingerprint density at radius 2 is 2.05 bits per heavy atom. The fourth-order valence-electron chi connectivity index (χ4n) is 2.87. The topological polar surface area (TPSA) is 61.8 Å². The lowest BCUT2D eigenvalue weighted by Gasteiger charge is -2.36. The number of hydrogen-bond donors (Lipinski definition) is 0. The van der Waals surface area contributed by atoms with Crippen LogP contribution in [0.25, 0.3) is 0 Å². The molecule has 2 rings (SSSR count). The van der Waals surface area contributed by atoms with Crippen molar-refractivity contribution in [2.45, 2.75) is 32.6 Å².